The van der Waals surface area contributed by atoms with Crippen molar-refractivity contribution in [3.63, 3.8) is 0 Å². The van der Waals surface area contributed by atoms with Crippen molar-refractivity contribution in [3.05, 3.63) is 23.4 Å². The number of rotatable bonds is 5. The molecular formula is C16H27N3OS. The van der Waals surface area contributed by atoms with Crippen LogP contribution in [0.1, 0.15) is 44.9 Å². The van der Waals surface area contributed by atoms with Gasteiger partial charge >= 0.3 is 0 Å². The van der Waals surface area contributed by atoms with Gasteiger partial charge in [0.15, 0.2) is 0 Å². The first-order chi connectivity index (χ1) is 9.95. The predicted molar refractivity (Wildman–Crippen MR) is 90.4 cm³/mol. The highest BCUT2D eigenvalue weighted by Gasteiger charge is 2.18. The molecule has 1 saturated heterocycles. The fraction of sp³-hybridized carbons (Fsp3) is 0.688. The van der Waals surface area contributed by atoms with Gasteiger partial charge in [-0.1, -0.05) is 27.7 Å². The van der Waals surface area contributed by atoms with E-state index in [1.807, 2.05) is 0 Å². The van der Waals surface area contributed by atoms with Gasteiger partial charge in [0.1, 0.15) is 5.82 Å². The second-order valence-corrected chi connectivity index (χ2v) is 7.98. The Balaban J connectivity index is 2.20. The maximum absolute atomic E-state index is 11.5. The zero-order valence-electron chi connectivity index (χ0n) is 13.6. The monoisotopic (exact) mass is 309 g/mol. The molecule has 0 aromatic carbocycles. The molecule has 1 N–H and O–H groups in total. The molecule has 0 unspecified atom stereocenters. The normalized spacial score (nSPS) is 17.0. The van der Waals surface area contributed by atoms with Gasteiger partial charge in [0.05, 0.1) is 0 Å². The molecule has 4 nitrogen and oxygen atoms in total. The van der Waals surface area contributed by atoms with E-state index in [-0.39, 0.29) is 0 Å². The fourth-order valence-corrected chi connectivity index (χ4v) is 3.40. The maximum atomic E-state index is 11.5. The van der Waals surface area contributed by atoms with E-state index >= 15 is 0 Å². The molecule has 1 aromatic rings. The molecule has 1 aliphatic rings. The summed E-state index contributed by atoms with van der Waals surface area (Å²) < 4.78 is 11.5. The standard InChI is InChI=1S/C16H27N3OS/c1-12(2)15-9-14(11-17-13(3)4)10-16(18-15)19-5-7-21(20)8-6-19/h9-10,12-13,17H,5-8,11H2,1-4H3. The summed E-state index contributed by atoms with van der Waals surface area (Å²) in [4.78, 5) is 7.08. The lowest BCUT2D eigenvalue weighted by molar-refractivity contribution is 0.587. The van der Waals surface area contributed by atoms with Gasteiger partial charge in [-0.25, -0.2) is 4.98 Å². The van der Waals surface area contributed by atoms with Gasteiger partial charge in [0.2, 0.25) is 0 Å². The van der Waals surface area contributed by atoms with Crippen LogP contribution in [0.15, 0.2) is 12.1 Å². The van der Waals surface area contributed by atoms with E-state index in [1.165, 1.54) is 5.56 Å². The molecule has 5 heteroatoms. The Labute approximate surface area is 130 Å². The van der Waals surface area contributed by atoms with Crippen molar-refractivity contribution in [2.75, 3.05) is 29.5 Å². The predicted octanol–water partition coefficient (Wildman–Crippen LogP) is 2.27. The van der Waals surface area contributed by atoms with Gasteiger partial charge in [-0.2, -0.15) is 0 Å². The molecule has 0 atom stereocenters. The third kappa shape index (κ3) is 4.78. The lowest BCUT2D eigenvalue weighted by Crippen LogP contribution is -2.38. The van der Waals surface area contributed by atoms with Crippen molar-refractivity contribution in [1.82, 2.24) is 10.3 Å². The van der Waals surface area contributed by atoms with E-state index in [4.69, 9.17) is 4.98 Å². The summed E-state index contributed by atoms with van der Waals surface area (Å²) in [6.45, 7) is 11.2. The van der Waals surface area contributed by atoms with E-state index in [9.17, 15) is 4.21 Å². The maximum Gasteiger partial charge on any atom is 0.129 e. The van der Waals surface area contributed by atoms with Crippen molar-refractivity contribution in [1.29, 1.82) is 0 Å². The van der Waals surface area contributed by atoms with Crippen LogP contribution in [0.2, 0.25) is 0 Å². The molecule has 1 fully saturated rings. The highest BCUT2D eigenvalue weighted by molar-refractivity contribution is 7.85. The van der Waals surface area contributed by atoms with E-state index in [1.54, 1.807) is 0 Å². The Bertz CT molecular complexity index is 492. The van der Waals surface area contributed by atoms with Gasteiger partial charge in [0, 0.05) is 53.7 Å². The lowest BCUT2D eigenvalue weighted by atomic mass is 10.1. The van der Waals surface area contributed by atoms with Crippen molar-refractivity contribution in [2.45, 2.75) is 46.2 Å². The Hall–Kier alpha value is -0.940. The number of pyridine rings is 1. The summed E-state index contributed by atoms with van der Waals surface area (Å²) in [5, 5.41) is 3.47. The number of nitrogens with one attached hydrogen (secondary N) is 1. The quantitative estimate of drug-likeness (QED) is 0.906. The van der Waals surface area contributed by atoms with Gasteiger partial charge in [-0.15, -0.1) is 0 Å². The molecule has 0 aliphatic carbocycles. The first-order valence-corrected chi connectivity index (χ1v) is 9.28. The van der Waals surface area contributed by atoms with Gasteiger partial charge in [0.25, 0.3) is 0 Å². The topological polar surface area (TPSA) is 45.2 Å². The summed E-state index contributed by atoms with van der Waals surface area (Å²) in [7, 11) is -0.646. The number of aromatic nitrogens is 1. The van der Waals surface area contributed by atoms with Crippen LogP contribution in [0.5, 0.6) is 0 Å². The molecular weight excluding hydrogens is 282 g/mol. The van der Waals surface area contributed by atoms with Crippen LogP contribution >= 0.6 is 0 Å². The summed E-state index contributed by atoms with van der Waals surface area (Å²) in [6.07, 6.45) is 0. The lowest BCUT2D eigenvalue weighted by Gasteiger charge is -2.28. The zero-order chi connectivity index (χ0) is 15.4. The molecule has 21 heavy (non-hydrogen) atoms. The van der Waals surface area contributed by atoms with Gasteiger partial charge in [-0.3, -0.25) is 4.21 Å². The van der Waals surface area contributed by atoms with Crippen molar-refractivity contribution >= 4 is 16.6 Å². The minimum Gasteiger partial charge on any atom is -0.355 e. The molecule has 0 bridgehead atoms. The number of anilines is 1. The second kappa shape index (κ2) is 7.36. The highest BCUT2D eigenvalue weighted by atomic mass is 32.2. The van der Waals surface area contributed by atoms with E-state index in [0.29, 0.717) is 12.0 Å². The zero-order valence-corrected chi connectivity index (χ0v) is 14.4. The highest BCUT2D eigenvalue weighted by Crippen LogP contribution is 2.21. The number of hydrogen-bond donors (Lipinski definition) is 1. The molecule has 2 rings (SSSR count). The molecule has 1 aromatic heterocycles. The summed E-state index contributed by atoms with van der Waals surface area (Å²) in [5.74, 6) is 2.97. The molecule has 2 heterocycles. The van der Waals surface area contributed by atoms with Crippen molar-refractivity contribution < 1.29 is 4.21 Å². The molecule has 0 saturated carbocycles. The summed E-state index contributed by atoms with van der Waals surface area (Å²) in [6, 6.07) is 4.85. The van der Waals surface area contributed by atoms with E-state index in [0.717, 1.165) is 42.7 Å². The minimum atomic E-state index is -0.646. The Morgan fingerprint density at radius 3 is 2.48 bits per heavy atom. The Morgan fingerprint density at radius 2 is 1.90 bits per heavy atom. The Kier molecular flexibility index (Phi) is 5.76. The van der Waals surface area contributed by atoms with Crippen LogP contribution in [-0.2, 0) is 17.3 Å². The average molecular weight is 309 g/mol. The van der Waals surface area contributed by atoms with E-state index < -0.39 is 10.8 Å². The largest absolute Gasteiger partial charge is 0.355 e. The number of nitrogens with zero attached hydrogens (tertiary/aromatic N) is 2. The second-order valence-electron chi connectivity index (χ2n) is 6.28. The number of hydrogen-bond acceptors (Lipinski definition) is 4. The molecule has 0 radical (unpaired) electrons. The van der Waals surface area contributed by atoms with Crippen molar-refractivity contribution in [2.24, 2.45) is 0 Å². The third-order valence-electron chi connectivity index (χ3n) is 3.70. The Morgan fingerprint density at radius 1 is 1.24 bits per heavy atom. The first-order valence-electron chi connectivity index (χ1n) is 7.80. The smallest absolute Gasteiger partial charge is 0.129 e. The van der Waals surface area contributed by atoms with Crippen LogP contribution in [0, 0.1) is 0 Å². The molecule has 0 spiro atoms. The molecule has 1 aliphatic heterocycles. The van der Waals surface area contributed by atoms with Crippen LogP contribution in [0.25, 0.3) is 0 Å². The SMILES string of the molecule is CC(C)NCc1cc(C(C)C)nc(N2CCS(=O)CC2)c1. The summed E-state index contributed by atoms with van der Waals surface area (Å²) >= 11 is 0. The fourth-order valence-electron chi connectivity index (χ4n) is 2.34. The van der Waals surface area contributed by atoms with Crippen LogP contribution in [0.3, 0.4) is 0 Å². The van der Waals surface area contributed by atoms with Gasteiger partial charge in [-0.05, 0) is 23.6 Å². The first kappa shape index (κ1) is 16.4. The van der Waals surface area contributed by atoms with Crippen molar-refractivity contribution in [3.8, 4) is 0 Å². The summed E-state index contributed by atoms with van der Waals surface area (Å²) in [5.41, 5.74) is 2.42. The van der Waals surface area contributed by atoms with E-state index in [2.05, 4.69) is 50.0 Å². The van der Waals surface area contributed by atoms with Crippen LogP contribution in [-0.4, -0.2) is 39.8 Å². The average Bonchev–Trinajstić information content (AvgIpc) is 2.45. The minimum absolute atomic E-state index is 0.418. The molecule has 0 amide bonds. The van der Waals surface area contributed by atoms with Crippen LogP contribution < -0.4 is 10.2 Å². The molecule has 118 valence electrons. The van der Waals surface area contributed by atoms with Gasteiger partial charge < -0.3 is 10.2 Å². The third-order valence-corrected chi connectivity index (χ3v) is 4.97. The van der Waals surface area contributed by atoms with Crippen LogP contribution in [0.4, 0.5) is 5.82 Å².